The molecule has 19 heavy (non-hydrogen) atoms. The quantitative estimate of drug-likeness (QED) is 0.765. The van der Waals surface area contributed by atoms with Gasteiger partial charge in [-0.05, 0) is 31.2 Å². The fraction of sp³-hybridized carbons (Fsp3) is 0.143. The van der Waals surface area contributed by atoms with E-state index in [9.17, 15) is 4.39 Å². The highest BCUT2D eigenvalue weighted by atomic mass is 19.1. The largest absolute Gasteiger partial charge is 0.325 e. The van der Waals surface area contributed by atoms with Gasteiger partial charge in [-0.1, -0.05) is 12.1 Å². The molecule has 3 rings (SSSR count). The number of imidazole rings is 1. The standard InChI is InChI=1S/C14H13FN4/c1-9-13(8-16)19-14(17-9)7-6-12(18-19)10-4-2-3-5-11(10)15/h2-7H,8,16H2,1H3. The molecule has 0 aliphatic rings. The van der Waals surface area contributed by atoms with Crippen LogP contribution in [0.15, 0.2) is 36.4 Å². The Morgan fingerprint density at radius 1 is 1.21 bits per heavy atom. The molecular weight excluding hydrogens is 243 g/mol. The Bertz CT molecular complexity index is 748. The molecule has 0 amide bonds. The number of nitrogens with two attached hydrogens (primary N) is 1. The van der Waals surface area contributed by atoms with Gasteiger partial charge in [0.15, 0.2) is 5.65 Å². The van der Waals surface area contributed by atoms with Crippen LogP contribution in [0.5, 0.6) is 0 Å². The van der Waals surface area contributed by atoms with E-state index in [4.69, 9.17) is 5.73 Å². The molecule has 3 aromatic rings. The maximum Gasteiger partial charge on any atom is 0.154 e. The Labute approximate surface area is 109 Å². The molecule has 0 saturated carbocycles. The second kappa shape index (κ2) is 4.44. The van der Waals surface area contributed by atoms with E-state index in [1.165, 1.54) is 6.07 Å². The van der Waals surface area contributed by atoms with Crippen molar-refractivity contribution in [1.29, 1.82) is 0 Å². The summed E-state index contributed by atoms with van der Waals surface area (Å²) in [6.07, 6.45) is 0. The van der Waals surface area contributed by atoms with E-state index >= 15 is 0 Å². The Balaban J connectivity index is 2.24. The number of aryl methyl sites for hydroxylation is 1. The third kappa shape index (κ3) is 1.88. The molecule has 4 nitrogen and oxygen atoms in total. The summed E-state index contributed by atoms with van der Waals surface area (Å²) >= 11 is 0. The van der Waals surface area contributed by atoms with E-state index in [2.05, 4.69) is 10.1 Å². The SMILES string of the molecule is Cc1nc2ccc(-c3ccccc3F)nn2c1CN. The number of fused-ring (bicyclic) bond motifs is 1. The van der Waals surface area contributed by atoms with Crippen LogP contribution in [0.2, 0.25) is 0 Å². The van der Waals surface area contributed by atoms with Gasteiger partial charge in [0, 0.05) is 12.1 Å². The Morgan fingerprint density at radius 3 is 2.74 bits per heavy atom. The van der Waals surface area contributed by atoms with Gasteiger partial charge in [-0.2, -0.15) is 5.10 Å². The first-order valence-electron chi connectivity index (χ1n) is 6.01. The maximum atomic E-state index is 13.8. The predicted octanol–water partition coefficient (Wildman–Crippen LogP) is 2.30. The minimum Gasteiger partial charge on any atom is -0.325 e. The molecule has 0 aliphatic carbocycles. The molecule has 0 fully saturated rings. The zero-order valence-corrected chi connectivity index (χ0v) is 10.5. The van der Waals surface area contributed by atoms with Crippen LogP contribution < -0.4 is 5.73 Å². The molecule has 0 radical (unpaired) electrons. The van der Waals surface area contributed by atoms with Crippen LogP contribution in [0.1, 0.15) is 11.4 Å². The van der Waals surface area contributed by atoms with Gasteiger partial charge in [0.2, 0.25) is 0 Å². The van der Waals surface area contributed by atoms with E-state index in [0.29, 0.717) is 17.8 Å². The van der Waals surface area contributed by atoms with Crippen LogP contribution in [-0.4, -0.2) is 14.6 Å². The van der Waals surface area contributed by atoms with Crippen molar-refractivity contribution in [2.75, 3.05) is 0 Å². The summed E-state index contributed by atoms with van der Waals surface area (Å²) in [5, 5.41) is 4.43. The van der Waals surface area contributed by atoms with Crippen LogP contribution in [0.4, 0.5) is 4.39 Å². The highest BCUT2D eigenvalue weighted by Gasteiger charge is 2.11. The molecule has 0 aliphatic heterocycles. The van der Waals surface area contributed by atoms with E-state index in [1.807, 2.05) is 13.0 Å². The molecule has 96 valence electrons. The van der Waals surface area contributed by atoms with Crippen molar-refractivity contribution in [2.24, 2.45) is 5.73 Å². The Kier molecular flexibility index (Phi) is 2.76. The minimum atomic E-state index is -0.291. The molecule has 0 saturated heterocycles. The summed E-state index contributed by atoms with van der Waals surface area (Å²) in [5.74, 6) is -0.291. The Hall–Kier alpha value is -2.27. The van der Waals surface area contributed by atoms with E-state index in [-0.39, 0.29) is 5.82 Å². The van der Waals surface area contributed by atoms with Crippen LogP contribution in [0.25, 0.3) is 16.9 Å². The van der Waals surface area contributed by atoms with Gasteiger partial charge in [-0.15, -0.1) is 0 Å². The molecule has 0 unspecified atom stereocenters. The summed E-state index contributed by atoms with van der Waals surface area (Å²) in [4.78, 5) is 4.37. The highest BCUT2D eigenvalue weighted by Crippen LogP contribution is 2.21. The van der Waals surface area contributed by atoms with Crippen molar-refractivity contribution in [3.8, 4) is 11.3 Å². The molecule has 2 N–H and O–H groups in total. The Morgan fingerprint density at radius 2 is 2.00 bits per heavy atom. The lowest BCUT2D eigenvalue weighted by Crippen LogP contribution is -2.05. The molecule has 5 heteroatoms. The third-order valence-electron chi connectivity index (χ3n) is 3.11. The number of hydrogen-bond acceptors (Lipinski definition) is 3. The van der Waals surface area contributed by atoms with Crippen molar-refractivity contribution in [3.63, 3.8) is 0 Å². The van der Waals surface area contributed by atoms with Crippen LogP contribution in [0.3, 0.4) is 0 Å². The van der Waals surface area contributed by atoms with Gasteiger partial charge in [-0.25, -0.2) is 13.9 Å². The fourth-order valence-corrected chi connectivity index (χ4v) is 2.14. The van der Waals surface area contributed by atoms with Gasteiger partial charge in [0.25, 0.3) is 0 Å². The number of benzene rings is 1. The van der Waals surface area contributed by atoms with Crippen molar-refractivity contribution in [2.45, 2.75) is 13.5 Å². The van der Waals surface area contributed by atoms with Gasteiger partial charge in [0.1, 0.15) is 5.82 Å². The van der Waals surface area contributed by atoms with Crippen LogP contribution >= 0.6 is 0 Å². The van der Waals surface area contributed by atoms with Gasteiger partial charge >= 0.3 is 0 Å². The van der Waals surface area contributed by atoms with Gasteiger partial charge < -0.3 is 5.73 Å². The van der Waals surface area contributed by atoms with Gasteiger partial charge in [-0.3, -0.25) is 0 Å². The normalized spacial score (nSPS) is 11.1. The van der Waals surface area contributed by atoms with Crippen molar-refractivity contribution in [1.82, 2.24) is 14.6 Å². The summed E-state index contributed by atoms with van der Waals surface area (Å²) in [7, 11) is 0. The van der Waals surface area contributed by atoms with Gasteiger partial charge in [0.05, 0.1) is 17.1 Å². The first-order chi connectivity index (χ1) is 9.20. The monoisotopic (exact) mass is 256 g/mol. The smallest absolute Gasteiger partial charge is 0.154 e. The zero-order chi connectivity index (χ0) is 13.4. The summed E-state index contributed by atoms with van der Waals surface area (Å²) in [6.45, 7) is 2.24. The zero-order valence-electron chi connectivity index (χ0n) is 10.5. The number of halogens is 1. The summed E-state index contributed by atoms with van der Waals surface area (Å²) in [5.41, 5.74) is 9.15. The number of aromatic nitrogens is 3. The molecule has 1 aromatic carbocycles. The predicted molar refractivity (Wildman–Crippen MR) is 71.0 cm³/mol. The third-order valence-corrected chi connectivity index (χ3v) is 3.11. The lowest BCUT2D eigenvalue weighted by molar-refractivity contribution is 0.630. The minimum absolute atomic E-state index is 0.291. The lowest BCUT2D eigenvalue weighted by atomic mass is 10.1. The van der Waals surface area contributed by atoms with Crippen molar-refractivity contribution < 1.29 is 4.39 Å². The average molecular weight is 256 g/mol. The number of hydrogen-bond donors (Lipinski definition) is 1. The van der Waals surface area contributed by atoms with E-state index in [1.54, 1.807) is 28.8 Å². The number of rotatable bonds is 2. The molecule has 0 atom stereocenters. The molecular formula is C14H13FN4. The van der Waals surface area contributed by atoms with Crippen LogP contribution in [-0.2, 0) is 6.54 Å². The fourth-order valence-electron chi connectivity index (χ4n) is 2.14. The van der Waals surface area contributed by atoms with Crippen LogP contribution in [0, 0.1) is 12.7 Å². The first-order valence-corrected chi connectivity index (χ1v) is 6.01. The molecule has 2 aromatic heterocycles. The van der Waals surface area contributed by atoms with E-state index < -0.39 is 0 Å². The van der Waals surface area contributed by atoms with Crippen molar-refractivity contribution >= 4 is 5.65 Å². The second-order valence-electron chi connectivity index (χ2n) is 4.32. The second-order valence-corrected chi connectivity index (χ2v) is 4.32. The average Bonchev–Trinajstić information content (AvgIpc) is 2.73. The molecule has 0 bridgehead atoms. The number of nitrogens with zero attached hydrogens (tertiary/aromatic N) is 3. The maximum absolute atomic E-state index is 13.8. The lowest BCUT2D eigenvalue weighted by Gasteiger charge is -2.04. The van der Waals surface area contributed by atoms with E-state index in [0.717, 1.165) is 17.0 Å². The topological polar surface area (TPSA) is 56.2 Å². The highest BCUT2D eigenvalue weighted by molar-refractivity contribution is 5.61. The van der Waals surface area contributed by atoms with Crippen molar-refractivity contribution in [3.05, 3.63) is 53.6 Å². The molecule has 0 spiro atoms. The summed E-state index contributed by atoms with van der Waals surface area (Å²) in [6, 6.07) is 10.2. The first kappa shape index (κ1) is 11.8. The summed E-state index contributed by atoms with van der Waals surface area (Å²) < 4.78 is 15.5. The molecule has 2 heterocycles.